The van der Waals surface area contributed by atoms with Crippen LogP contribution in [0.2, 0.25) is 5.15 Å². The maximum Gasteiger partial charge on any atom is 0.417 e. The van der Waals surface area contributed by atoms with Gasteiger partial charge in [0, 0.05) is 19.2 Å². The summed E-state index contributed by atoms with van der Waals surface area (Å²) in [6.07, 6.45) is 2.25. The number of ether oxygens (including phenoxy) is 1. The molecule has 1 aromatic heterocycles. The van der Waals surface area contributed by atoms with Gasteiger partial charge in [0.1, 0.15) is 5.15 Å². The molecule has 20 heavy (non-hydrogen) atoms. The van der Waals surface area contributed by atoms with Crippen molar-refractivity contribution in [2.75, 3.05) is 13.6 Å². The average molecular weight is 298 g/mol. The van der Waals surface area contributed by atoms with E-state index >= 15 is 0 Å². The number of halogens is 1. The van der Waals surface area contributed by atoms with E-state index < -0.39 is 6.09 Å². The number of amides is 1. The standard InChI is InChI=1S/C14H20ClN3O2/c1-5-18(4)13(19)20-12-16-10-6-7-14(2,3)8-9(10)11(15)17-12/h5-8H2,1-4H3. The smallest absolute Gasteiger partial charge is 0.374 e. The van der Waals surface area contributed by atoms with Crippen molar-refractivity contribution < 1.29 is 9.53 Å². The second-order valence-electron chi connectivity index (χ2n) is 5.95. The van der Waals surface area contributed by atoms with Gasteiger partial charge in [-0.25, -0.2) is 4.79 Å². The van der Waals surface area contributed by atoms with Gasteiger partial charge < -0.3 is 9.64 Å². The van der Waals surface area contributed by atoms with Gasteiger partial charge in [0.25, 0.3) is 0 Å². The zero-order valence-corrected chi connectivity index (χ0v) is 13.1. The van der Waals surface area contributed by atoms with E-state index in [1.54, 1.807) is 7.05 Å². The van der Waals surface area contributed by atoms with Gasteiger partial charge in [0.05, 0.1) is 5.69 Å². The summed E-state index contributed by atoms with van der Waals surface area (Å²) in [4.78, 5) is 21.6. The molecule has 0 atom stereocenters. The first-order valence-corrected chi connectivity index (χ1v) is 7.18. The molecule has 0 bridgehead atoms. The monoisotopic (exact) mass is 297 g/mol. The summed E-state index contributed by atoms with van der Waals surface area (Å²) in [5.74, 6) is 0. The largest absolute Gasteiger partial charge is 0.417 e. The topological polar surface area (TPSA) is 55.3 Å². The van der Waals surface area contributed by atoms with Crippen molar-refractivity contribution in [3.8, 4) is 6.01 Å². The number of carbonyl (C=O) groups excluding carboxylic acids is 1. The molecule has 0 aliphatic heterocycles. The van der Waals surface area contributed by atoms with E-state index in [2.05, 4.69) is 23.8 Å². The van der Waals surface area contributed by atoms with E-state index in [1.165, 1.54) is 4.90 Å². The Morgan fingerprint density at radius 3 is 2.80 bits per heavy atom. The number of rotatable bonds is 2. The lowest BCUT2D eigenvalue weighted by molar-refractivity contribution is 0.161. The summed E-state index contributed by atoms with van der Waals surface area (Å²) in [6.45, 7) is 6.84. The van der Waals surface area contributed by atoms with Gasteiger partial charge in [-0.15, -0.1) is 0 Å². The minimum Gasteiger partial charge on any atom is -0.374 e. The van der Waals surface area contributed by atoms with Crippen LogP contribution in [-0.2, 0) is 12.8 Å². The van der Waals surface area contributed by atoms with Crippen molar-refractivity contribution >= 4 is 17.7 Å². The molecule has 1 aliphatic rings. The number of nitrogens with zero attached hydrogens (tertiary/aromatic N) is 3. The molecule has 0 aromatic carbocycles. The highest BCUT2D eigenvalue weighted by molar-refractivity contribution is 6.30. The summed E-state index contributed by atoms with van der Waals surface area (Å²) in [5.41, 5.74) is 2.08. The third kappa shape index (κ3) is 3.20. The van der Waals surface area contributed by atoms with Gasteiger partial charge in [-0.05, 0) is 31.6 Å². The fraction of sp³-hybridized carbons (Fsp3) is 0.643. The van der Waals surface area contributed by atoms with Crippen LogP contribution in [0.5, 0.6) is 6.01 Å². The summed E-state index contributed by atoms with van der Waals surface area (Å²) in [7, 11) is 1.66. The molecule has 0 unspecified atom stereocenters. The Labute approximate surface area is 124 Å². The second kappa shape index (κ2) is 5.56. The van der Waals surface area contributed by atoms with Gasteiger partial charge in [-0.3, -0.25) is 0 Å². The molecule has 1 heterocycles. The molecular weight excluding hydrogens is 278 g/mol. The van der Waals surface area contributed by atoms with Crippen molar-refractivity contribution in [1.29, 1.82) is 0 Å². The minimum atomic E-state index is -0.473. The van der Waals surface area contributed by atoms with Gasteiger partial charge in [-0.1, -0.05) is 25.4 Å². The fourth-order valence-corrected chi connectivity index (χ4v) is 2.46. The first-order valence-electron chi connectivity index (χ1n) is 6.80. The van der Waals surface area contributed by atoms with Crippen LogP contribution in [0.25, 0.3) is 0 Å². The van der Waals surface area contributed by atoms with Crippen LogP contribution in [0.4, 0.5) is 4.79 Å². The molecule has 0 saturated carbocycles. The molecule has 0 N–H and O–H groups in total. The summed E-state index contributed by atoms with van der Waals surface area (Å²) >= 11 is 6.22. The van der Waals surface area contributed by atoms with Crippen molar-refractivity contribution in [2.45, 2.75) is 40.0 Å². The van der Waals surface area contributed by atoms with E-state index in [4.69, 9.17) is 16.3 Å². The SMILES string of the molecule is CCN(C)C(=O)Oc1nc(Cl)c2c(n1)CCC(C)(C)C2. The van der Waals surface area contributed by atoms with Crippen molar-refractivity contribution in [2.24, 2.45) is 5.41 Å². The van der Waals surface area contributed by atoms with E-state index in [9.17, 15) is 4.79 Å². The lowest BCUT2D eigenvalue weighted by Gasteiger charge is -2.30. The van der Waals surface area contributed by atoms with Crippen molar-refractivity contribution in [1.82, 2.24) is 14.9 Å². The average Bonchev–Trinajstić information content (AvgIpc) is 2.38. The first kappa shape index (κ1) is 15.0. The number of hydrogen-bond donors (Lipinski definition) is 0. The normalized spacial score (nSPS) is 16.4. The summed E-state index contributed by atoms with van der Waals surface area (Å²) in [5, 5.41) is 0.393. The van der Waals surface area contributed by atoms with Gasteiger partial charge in [0.2, 0.25) is 0 Å². The van der Waals surface area contributed by atoms with Crippen LogP contribution < -0.4 is 4.74 Å². The lowest BCUT2D eigenvalue weighted by Crippen LogP contribution is -2.30. The predicted octanol–water partition coefficient (Wildman–Crippen LogP) is 3.10. The number of carbonyl (C=O) groups is 1. The summed E-state index contributed by atoms with van der Waals surface area (Å²) in [6, 6.07) is 0.0405. The van der Waals surface area contributed by atoms with Crippen molar-refractivity contribution in [3.05, 3.63) is 16.4 Å². The third-order valence-electron chi connectivity index (χ3n) is 3.68. The molecule has 1 amide bonds. The van der Waals surface area contributed by atoms with E-state index in [-0.39, 0.29) is 11.4 Å². The Bertz CT molecular complexity index is 531. The molecule has 2 rings (SSSR count). The number of aryl methyl sites for hydroxylation is 1. The van der Waals surface area contributed by atoms with Crippen LogP contribution in [0.15, 0.2) is 0 Å². The Morgan fingerprint density at radius 2 is 2.15 bits per heavy atom. The van der Waals surface area contributed by atoms with Crippen LogP contribution >= 0.6 is 11.6 Å². The zero-order valence-electron chi connectivity index (χ0n) is 12.4. The van der Waals surface area contributed by atoms with Crippen LogP contribution in [0, 0.1) is 5.41 Å². The van der Waals surface area contributed by atoms with Crippen molar-refractivity contribution in [3.63, 3.8) is 0 Å². The van der Waals surface area contributed by atoms with E-state index in [0.29, 0.717) is 11.7 Å². The van der Waals surface area contributed by atoms with Crippen LogP contribution in [0.1, 0.15) is 38.4 Å². The van der Waals surface area contributed by atoms with Crippen LogP contribution in [0.3, 0.4) is 0 Å². The summed E-state index contributed by atoms with van der Waals surface area (Å²) < 4.78 is 5.15. The zero-order chi connectivity index (χ0) is 14.9. The fourth-order valence-electron chi connectivity index (χ4n) is 2.21. The number of aromatic nitrogens is 2. The first-order chi connectivity index (χ1) is 9.32. The highest BCUT2D eigenvalue weighted by atomic mass is 35.5. The Morgan fingerprint density at radius 1 is 1.45 bits per heavy atom. The quantitative estimate of drug-likeness (QED) is 0.787. The van der Waals surface area contributed by atoms with Gasteiger partial charge in [-0.2, -0.15) is 9.97 Å². The minimum absolute atomic E-state index is 0.0405. The highest BCUT2D eigenvalue weighted by Crippen LogP contribution is 2.37. The highest BCUT2D eigenvalue weighted by Gasteiger charge is 2.29. The van der Waals surface area contributed by atoms with E-state index in [1.807, 2.05) is 6.92 Å². The Hall–Kier alpha value is -1.36. The predicted molar refractivity (Wildman–Crippen MR) is 77.2 cm³/mol. The molecule has 0 spiro atoms. The Kier molecular flexibility index (Phi) is 4.18. The molecule has 0 fully saturated rings. The van der Waals surface area contributed by atoms with Gasteiger partial charge >= 0.3 is 12.1 Å². The number of fused-ring (bicyclic) bond motifs is 1. The van der Waals surface area contributed by atoms with E-state index in [0.717, 1.165) is 30.5 Å². The second-order valence-corrected chi connectivity index (χ2v) is 6.30. The number of hydrogen-bond acceptors (Lipinski definition) is 4. The van der Waals surface area contributed by atoms with Gasteiger partial charge in [0.15, 0.2) is 0 Å². The maximum atomic E-state index is 11.7. The Balaban J connectivity index is 2.23. The lowest BCUT2D eigenvalue weighted by atomic mass is 9.76. The molecular formula is C14H20ClN3O2. The molecule has 5 nitrogen and oxygen atoms in total. The molecule has 0 saturated heterocycles. The third-order valence-corrected chi connectivity index (χ3v) is 3.99. The van der Waals surface area contributed by atoms with Crippen LogP contribution in [-0.4, -0.2) is 34.6 Å². The molecule has 110 valence electrons. The molecule has 0 radical (unpaired) electrons. The molecule has 1 aliphatic carbocycles. The molecule has 6 heteroatoms. The maximum absolute atomic E-state index is 11.7. The molecule has 1 aromatic rings.